The summed E-state index contributed by atoms with van der Waals surface area (Å²) in [4.78, 5) is 30.5. The molecule has 5 heteroatoms. The number of hydrogen-bond donors (Lipinski definition) is 0. The molecule has 0 aliphatic carbocycles. The van der Waals surface area contributed by atoms with Gasteiger partial charge < -0.3 is 4.74 Å². The Morgan fingerprint density at radius 3 is 2.54 bits per heavy atom. The molecule has 2 amide bonds. The number of nitrogens with zero attached hydrogens (tertiary/aromatic N) is 2. The standard InChI is InChI=1S/C19H22N2O3/c22-17-15-14-7-4-10-20(14)19(8-11-24-12-9-19)16(15)18(23)21(17)13-5-2-1-3-6-13/h1-3,5-6,14-16H,4,7-12H2/t14-,15-,16-/m0/s1. The molecule has 5 rings (SSSR count). The Balaban J connectivity index is 1.60. The van der Waals surface area contributed by atoms with E-state index in [1.807, 2.05) is 30.3 Å². The fraction of sp³-hybridized carbons (Fsp3) is 0.579. The minimum absolute atomic E-state index is 0.00694. The molecule has 4 fully saturated rings. The van der Waals surface area contributed by atoms with Crippen LogP contribution in [0.15, 0.2) is 30.3 Å². The van der Waals surface area contributed by atoms with Crippen LogP contribution in [0, 0.1) is 11.8 Å². The minimum Gasteiger partial charge on any atom is -0.381 e. The van der Waals surface area contributed by atoms with Gasteiger partial charge in [-0.25, -0.2) is 4.90 Å². The molecule has 1 aromatic rings. The molecular weight excluding hydrogens is 304 g/mol. The van der Waals surface area contributed by atoms with Crippen molar-refractivity contribution in [3.8, 4) is 0 Å². The van der Waals surface area contributed by atoms with Gasteiger partial charge in [0, 0.05) is 24.8 Å². The van der Waals surface area contributed by atoms with Crippen LogP contribution in [0.2, 0.25) is 0 Å². The number of fused-ring (bicyclic) bond motifs is 5. The molecule has 0 N–H and O–H groups in total. The van der Waals surface area contributed by atoms with Gasteiger partial charge in [0.1, 0.15) is 0 Å². The van der Waals surface area contributed by atoms with Gasteiger partial charge in [-0.1, -0.05) is 18.2 Å². The first-order chi connectivity index (χ1) is 11.7. The molecule has 126 valence electrons. The summed E-state index contributed by atoms with van der Waals surface area (Å²) in [5.41, 5.74) is 0.550. The quantitative estimate of drug-likeness (QED) is 0.739. The molecular formula is C19H22N2O3. The van der Waals surface area contributed by atoms with E-state index >= 15 is 0 Å². The summed E-state index contributed by atoms with van der Waals surface area (Å²) in [5.74, 6) is -0.346. The molecule has 0 radical (unpaired) electrons. The van der Waals surface area contributed by atoms with E-state index in [4.69, 9.17) is 4.74 Å². The monoisotopic (exact) mass is 326 g/mol. The number of carbonyl (C=O) groups excluding carboxylic acids is 2. The van der Waals surface area contributed by atoms with Crippen LogP contribution in [0.3, 0.4) is 0 Å². The van der Waals surface area contributed by atoms with Crippen LogP contribution in [0.1, 0.15) is 25.7 Å². The topological polar surface area (TPSA) is 49.9 Å². The van der Waals surface area contributed by atoms with Gasteiger partial charge in [0.2, 0.25) is 11.8 Å². The van der Waals surface area contributed by atoms with Gasteiger partial charge in [-0.15, -0.1) is 0 Å². The number of anilines is 1. The highest BCUT2D eigenvalue weighted by Crippen LogP contribution is 2.56. The van der Waals surface area contributed by atoms with Crippen molar-refractivity contribution in [3.63, 3.8) is 0 Å². The van der Waals surface area contributed by atoms with Crippen molar-refractivity contribution in [2.45, 2.75) is 37.3 Å². The van der Waals surface area contributed by atoms with Gasteiger partial charge in [-0.3, -0.25) is 14.5 Å². The van der Waals surface area contributed by atoms with Crippen LogP contribution in [-0.2, 0) is 14.3 Å². The maximum Gasteiger partial charge on any atom is 0.239 e. The normalized spacial score (nSPS) is 34.8. The summed E-state index contributed by atoms with van der Waals surface area (Å²) in [7, 11) is 0. The number of amides is 2. The Morgan fingerprint density at radius 2 is 1.79 bits per heavy atom. The van der Waals surface area contributed by atoms with Crippen molar-refractivity contribution in [1.29, 1.82) is 0 Å². The van der Waals surface area contributed by atoms with Gasteiger partial charge in [0.15, 0.2) is 0 Å². The zero-order valence-corrected chi connectivity index (χ0v) is 13.7. The van der Waals surface area contributed by atoms with E-state index in [1.54, 1.807) is 0 Å². The minimum atomic E-state index is -0.195. The summed E-state index contributed by atoms with van der Waals surface area (Å²) >= 11 is 0. The first kappa shape index (κ1) is 14.6. The smallest absolute Gasteiger partial charge is 0.239 e. The third kappa shape index (κ3) is 1.72. The van der Waals surface area contributed by atoms with Gasteiger partial charge >= 0.3 is 0 Å². The van der Waals surface area contributed by atoms with E-state index in [0.29, 0.717) is 18.9 Å². The van der Waals surface area contributed by atoms with Crippen LogP contribution in [0.4, 0.5) is 5.69 Å². The Hall–Kier alpha value is -1.72. The van der Waals surface area contributed by atoms with Gasteiger partial charge in [0.05, 0.1) is 17.5 Å². The fourth-order valence-corrected chi connectivity index (χ4v) is 5.70. The van der Waals surface area contributed by atoms with Crippen LogP contribution < -0.4 is 4.90 Å². The number of imide groups is 1. The average molecular weight is 326 g/mol. The molecule has 24 heavy (non-hydrogen) atoms. The zero-order valence-electron chi connectivity index (χ0n) is 13.7. The molecule has 1 aromatic carbocycles. The van der Waals surface area contributed by atoms with E-state index in [-0.39, 0.29) is 35.2 Å². The second-order valence-corrected chi connectivity index (χ2v) is 7.47. The highest BCUT2D eigenvalue weighted by Gasteiger charge is 2.69. The van der Waals surface area contributed by atoms with E-state index < -0.39 is 0 Å². The number of carbonyl (C=O) groups is 2. The van der Waals surface area contributed by atoms with Crippen LogP contribution in [0.25, 0.3) is 0 Å². The van der Waals surface area contributed by atoms with E-state index in [1.165, 1.54) is 4.90 Å². The molecule has 4 saturated heterocycles. The Morgan fingerprint density at radius 1 is 1.04 bits per heavy atom. The number of benzene rings is 1. The zero-order chi connectivity index (χ0) is 16.3. The lowest BCUT2D eigenvalue weighted by Gasteiger charge is -2.44. The largest absolute Gasteiger partial charge is 0.381 e. The first-order valence-electron chi connectivity index (χ1n) is 9.01. The Bertz CT molecular complexity index is 683. The molecule has 5 nitrogen and oxygen atoms in total. The highest BCUT2D eigenvalue weighted by molar-refractivity contribution is 6.23. The third-order valence-corrected chi connectivity index (χ3v) is 6.59. The summed E-state index contributed by atoms with van der Waals surface area (Å²) in [6, 6.07) is 9.64. The summed E-state index contributed by atoms with van der Waals surface area (Å²) in [6.07, 6.45) is 3.90. The van der Waals surface area contributed by atoms with Crippen LogP contribution >= 0.6 is 0 Å². The number of para-hydroxylation sites is 1. The molecule has 0 saturated carbocycles. The van der Waals surface area contributed by atoms with Crippen molar-refractivity contribution in [2.24, 2.45) is 11.8 Å². The highest BCUT2D eigenvalue weighted by atomic mass is 16.5. The number of rotatable bonds is 1. The third-order valence-electron chi connectivity index (χ3n) is 6.59. The van der Waals surface area contributed by atoms with Gasteiger partial charge in [0.25, 0.3) is 0 Å². The lowest BCUT2D eigenvalue weighted by atomic mass is 9.74. The predicted octanol–water partition coefficient (Wildman–Crippen LogP) is 1.82. The maximum atomic E-state index is 13.3. The van der Waals surface area contributed by atoms with Crippen molar-refractivity contribution in [2.75, 3.05) is 24.7 Å². The molecule has 1 spiro atoms. The number of ether oxygens (including phenoxy) is 1. The van der Waals surface area contributed by atoms with Crippen LogP contribution in [-0.4, -0.2) is 48.1 Å². The molecule has 4 aliphatic heterocycles. The van der Waals surface area contributed by atoms with Crippen LogP contribution in [0.5, 0.6) is 0 Å². The van der Waals surface area contributed by atoms with Crippen molar-refractivity contribution < 1.29 is 14.3 Å². The van der Waals surface area contributed by atoms with Crippen molar-refractivity contribution >= 4 is 17.5 Å². The summed E-state index contributed by atoms with van der Waals surface area (Å²) in [6.45, 7) is 2.40. The molecule has 0 aromatic heterocycles. The Kier molecular flexibility index (Phi) is 3.13. The SMILES string of the molecule is O=C1[C@@H]2[C@@H](C(=O)N1c1ccccc1)C1(CCOCC1)N1CCC[C@@H]21. The van der Waals surface area contributed by atoms with Crippen molar-refractivity contribution in [3.05, 3.63) is 30.3 Å². The molecule has 4 aliphatic rings. The second kappa shape index (κ2) is 5.14. The summed E-state index contributed by atoms with van der Waals surface area (Å²) < 4.78 is 5.59. The lowest BCUT2D eigenvalue weighted by molar-refractivity contribution is -0.127. The lowest BCUT2D eigenvalue weighted by Crippen LogP contribution is -2.55. The second-order valence-electron chi connectivity index (χ2n) is 7.47. The predicted molar refractivity (Wildman–Crippen MR) is 88.4 cm³/mol. The molecule has 0 bridgehead atoms. The first-order valence-corrected chi connectivity index (χ1v) is 9.01. The van der Waals surface area contributed by atoms with Gasteiger partial charge in [-0.05, 0) is 44.4 Å². The molecule has 4 heterocycles. The average Bonchev–Trinajstić information content (AvgIpc) is 3.25. The van der Waals surface area contributed by atoms with E-state index in [2.05, 4.69) is 4.90 Å². The molecule has 3 atom stereocenters. The molecule has 0 unspecified atom stereocenters. The Labute approximate surface area is 141 Å². The van der Waals surface area contributed by atoms with Crippen molar-refractivity contribution in [1.82, 2.24) is 4.90 Å². The summed E-state index contributed by atoms with van der Waals surface area (Å²) in [5, 5.41) is 0. The van der Waals surface area contributed by atoms with E-state index in [0.717, 1.165) is 32.2 Å². The number of hydrogen-bond acceptors (Lipinski definition) is 4. The van der Waals surface area contributed by atoms with Gasteiger partial charge in [-0.2, -0.15) is 0 Å². The fourth-order valence-electron chi connectivity index (χ4n) is 5.70. The maximum absolute atomic E-state index is 13.3. The van der Waals surface area contributed by atoms with E-state index in [9.17, 15) is 9.59 Å².